The van der Waals surface area contributed by atoms with E-state index in [1.807, 2.05) is 47.5 Å². The number of piperidine rings is 1. The monoisotopic (exact) mass is 420 g/mol. The number of rotatable bonds is 4. The molecular formula is C23H21ClN4O2. The molecule has 7 heteroatoms. The molecule has 0 unspecified atom stereocenters. The molecule has 0 aliphatic carbocycles. The highest BCUT2D eigenvalue weighted by atomic mass is 35.5. The van der Waals surface area contributed by atoms with Crippen LogP contribution in [0.4, 0.5) is 0 Å². The van der Waals surface area contributed by atoms with Gasteiger partial charge < -0.3 is 14.4 Å². The molecule has 0 radical (unpaired) electrons. The number of carbonyl (C=O) groups is 1. The van der Waals surface area contributed by atoms with Crippen LogP contribution in [-0.4, -0.2) is 39.0 Å². The molecule has 152 valence electrons. The van der Waals surface area contributed by atoms with Crippen molar-refractivity contribution >= 4 is 28.4 Å². The predicted molar refractivity (Wildman–Crippen MR) is 115 cm³/mol. The van der Waals surface area contributed by atoms with Crippen LogP contribution >= 0.6 is 11.6 Å². The molecule has 2 aromatic heterocycles. The Labute approximate surface area is 178 Å². The van der Waals surface area contributed by atoms with E-state index in [0.29, 0.717) is 29.7 Å². The van der Waals surface area contributed by atoms with E-state index in [4.69, 9.17) is 16.1 Å². The normalized spacial score (nSPS) is 16.8. The number of hydrogen-bond donors (Lipinski definition) is 1. The highest BCUT2D eigenvalue weighted by Crippen LogP contribution is 2.29. The van der Waals surface area contributed by atoms with E-state index >= 15 is 0 Å². The quantitative estimate of drug-likeness (QED) is 0.513. The number of aromatic amines is 1. The molecular weight excluding hydrogens is 400 g/mol. The number of likely N-dealkylation sites (tertiary alicyclic amines) is 1. The van der Waals surface area contributed by atoms with Crippen molar-refractivity contribution in [1.29, 1.82) is 0 Å². The molecule has 1 aliphatic rings. The Morgan fingerprint density at radius 3 is 2.90 bits per heavy atom. The first-order chi connectivity index (χ1) is 14.7. The zero-order valence-corrected chi connectivity index (χ0v) is 17.1. The highest BCUT2D eigenvalue weighted by molar-refractivity contribution is 6.30. The Morgan fingerprint density at radius 1 is 1.20 bits per heavy atom. The van der Waals surface area contributed by atoms with Crippen molar-refractivity contribution in [3.05, 3.63) is 71.2 Å². The third-order valence-electron chi connectivity index (χ3n) is 5.68. The number of fused-ring (bicyclic) bond motifs is 1. The summed E-state index contributed by atoms with van der Waals surface area (Å²) in [7, 11) is 0. The van der Waals surface area contributed by atoms with Gasteiger partial charge in [-0.15, -0.1) is 0 Å². The van der Waals surface area contributed by atoms with Crippen LogP contribution < -0.4 is 0 Å². The number of hydrogen-bond acceptors (Lipinski definition) is 4. The number of H-pyrrole nitrogens is 1. The Balaban J connectivity index is 1.29. The SMILES string of the molecule is O=C(Cc1c[nH]c2ccccc12)N1CCC[C@H](c2nc(-c3ccc(Cl)cc3)no2)C1. The maximum absolute atomic E-state index is 13.0. The summed E-state index contributed by atoms with van der Waals surface area (Å²) in [6, 6.07) is 15.4. The summed E-state index contributed by atoms with van der Waals surface area (Å²) in [4.78, 5) is 22.7. The van der Waals surface area contributed by atoms with Crippen LogP contribution in [0.5, 0.6) is 0 Å². The van der Waals surface area contributed by atoms with E-state index in [1.54, 1.807) is 12.1 Å². The Bertz CT molecular complexity index is 1180. The minimum atomic E-state index is 0.0548. The van der Waals surface area contributed by atoms with Crippen molar-refractivity contribution in [2.75, 3.05) is 13.1 Å². The van der Waals surface area contributed by atoms with Gasteiger partial charge in [0.05, 0.1) is 12.3 Å². The van der Waals surface area contributed by atoms with Gasteiger partial charge in [0, 0.05) is 40.8 Å². The zero-order valence-electron chi connectivity index (χ0n) is 16.3. The van der Waals surface area contributed by atoms with Crippen molar-refractivity contribution < 1.29 is 9.32 Å². The van der Waals surface area contributed by atoms with Gasteiger partial charge in [0.25, 0.3) is 0 Å². The average Bonchev–Trinajstić information content (AvgIpc) is 3.42. The Morgan fingerprint density at radius 2 is 2.03 bits per heavy atom. The van der Waals surface area contributed by atoms with Crippen LogP contribution in [0.2, 0.25) is 5.02 Å². The fourth-order valence-corrected chi connectivity index (χ4v) is 4.20. The molecule has 30 heavy (non-hydrogen) atoms. The van der Waals surface area contributed by atoms with Crippen LogP contribution in [-0.2, 0) is 11.2 Å². The summed E-state index contributed by atoms with van der Waals surface area (Å²) in [6.07, 6.45) is 4.17. The third-order valence-corrected chi connectivity index (χ3v) is 5.94. The topological polar surface area (TPSA) is 75.0 Å². The molecule has 6 nitrogen and oxygen atoms in total. The standard InChI is InChI=1S/C23H21ClN4O2/c24-18-9-7-15(8-10-18)22-26-23(30-27-22)16-4-3-11-28(14-16)21(29)12-17-13-25-20-6-2-1-5-19(17)20/h1-2,5-10,13,16,25H,3-4,11-12,14H2/t16-/m0/s1. The lowest BCUT2D eigenvalue weighted by Crippen LogP contribution is -2.40. The van der Waals surface area contributed by atoms with Gasteiger partial charge in [-0.1, -0.05) is 35.0 Å². The van der Waals surface area contributed by atoms with Gasteiger partial charge in [0.1, 0.15) is 0 Å². The molecule has 1 aliphatic heterocycles. The first-order valence-corrected chi connectivity index (χ1v) is 10.5. The molecule has 1 N–H and O–H groups in total. The minimum absolute atomic E-state index is 0.0548. The summed E-state index contributed by atoms with van der Waals surface area (Å²) >= 11 is 5.95. The first kappa shape index (κ1) is 18.9. The number of para-hydroxylation sites is 1. The Kier molecular flexibility index (Phi) is 5.01. The number of amides is 1. The van der Waals surface area contributed by atoms with E-state index < -0.39 is 0 Å². The number of aromatic nitrogens is 3. The van der Waals surface area contributed by atoms with Gasteiger partial charge in [-0.2, -0.15) is 4.98 Å². The molecule has 0 saturated carbocycles. The van der Waals surface area contributed by atoms with E-state index in [0.717, 1.165) is 41.4 Å². The smallest absolute Gasteiger partial charge is 0.231 e. The van der Waals surface area contributed by atoms with Crippen molar-refractivity contribution in [2.24, 2.45) is 0 Å². The second-order valence-electron chi connectivity index (χ2n) is 7.68. The van der Waals surface area contributed by atoms with Crippen LogP contribution in [0.15, 0.2) is 59.3 Å². The van der Waals surface area contributed by atoms with Gasteiger partial charge in [-0.05, 0) is 48.7 Å². The van der Waals surface area contributed by atoms with Gasteiger partial charge in [0.15, 0.2) is 0 Å². The second-order valence-corrected chi connectivity index (χ2v) is 8.11. The lowest BCUT2D eigenvalue weighted by molar-refractivity contribution is -0.131. The summed E-state index contributed by atoms with van der Waals surface area (Å²) in [5, 5.41) is 5.89. The van der Waals surface area contributed by atoms with Crippen LogP contribution in [0.1, 0.15) is 30.2 Å². The molecule has 1 fully saturated rings. The van der Waals surface area contributed by atoms with Crippen LogP contribution in [0.3, 0.4) is 0 Å². The van der Waals surface area contributed by atoms with Gasteiger partial charge in [-0.3, -0.25) is 4.79 Å². The number of nitrogens with zero attached hydrogens (tertiary/aromatic N) is 3. The van der Waals surface area contributed by atoms with Gasteiger partial charge in [-0.25, -0.2) is 0 Å². The maximum atomic E-state index is 13.0. The zero-order chi connectivity index (χ0) is 20.5. The molecule has 0 bridgehead atoms. The summed E-state index contributed by atoms with van der Waals surface area (Å²) < 4.78 is 5.54. The molecule has 3 heterocycles. The maximum Gasteiger partial charge on any atom is 0.231 e. The number of carbonyl (C=O) groups excluding carboxylic acids is 1. The second kappa shape index (κ2) is 7.95. The van der Waals surface area contributed by atoms with E-state index in [-0.39, 0.29) is 11.8 Å². The van der Waals surface area contributed by atoms with Gasteiger partial charge in [0.2, 0.25) is 17.6 Å². The number of nitrogens with one attached hydrogen (secondary N) is 1. The van der Waals surface area contributed by atoms with Crippen LogP contribution in [0, 0.1) is 0 Å². The predicted octanol–water partition coefficient (Wildman–Crippen LogP) is 4.82. The minimum Gasteiger partial charge on any atom is -0.361 e. The van der Waals surface area contributed by atoms with E-state index in [1.165, 1.54) is 0 Å². The summed E-state index contributed by atoms with van der Waals surface area (Å²) in [6.45, 7) is 1.36. The molecule has 1 amide bonds. The highest BCUT2D eigenvalue weighted by Gasteiger charge is 2.29. The summed E-state index contributed by atoms with van der Waals surface area (Å²) in [5.41, 5.74) is 2.94. The van der Waals surface area contributed by atoms with E-state index in [2.05, 4.69) is 15.1 Å². The molecule has 5 rings (SSSR count). The fraction of sp³-hybridized carbons (Fsp3) is 0.261. The largest absolute Gasteiger partial charge is 0.361 e. The number of halogens is 1. The van der Waals surface area contributed by atoms with Gasteiger partial charge >= 0.3 is 0 Å². The van der Waals surface area contributed by atoms with E-state index in [9.17, 15) is 4.79 Å². The Hall–Kier alpha value is -3.12. The van der Waals surface area contributed by atoms with Crippen molar-refractivity contribution in [3.8, 4) is 11.4 Å². The molecule has 1 saturated heterocycles. The lowest BCUT2D eigenvalue weighted by atomic mass is 9.97. The van der Waals surface area contributed by atoms with Crippen molar-refractivity contribution in [3.63, 3.8) is 0 Å². The first-order valence-electron chi connectivity index (χ1n) is 10.1. The number of benzene rings is 2. The third kappa shape index (κ3) is 3.71. The molecule has 0 spiro atoms. The molecule has 4 aromatic rings. The molecule has 1 atom stereocenters. The molecule has 2 aromatic carbocycles. The fourth-order valence-electron chi connectivity index (χ4n) is 4.08. The van der Waals surface area contributed by atoms with Crippen molar-refractivity contribution in [2.45, 2.75) is 25.2 Å². The van der Waals surface area contributed by atoms with Crippen molar-refractivity contribution in [1.82, 2.24) is 20.0 Å². The van der Waals surface area contributed by atoms with Crippen LogP contribution in [0.25, 0.3) is 22.3 Å². The summed E-state index contributed by atoms with van der Waals surface area (Å²) in [5.74, 6) is 1.31. The average molecular weight is 421 g/mol. The lowest BCUT2D eigenvalue weighted by Gasteiger charge is -2.31.